The molecule has 0 radical (unpaired) electrons. The van der Waals surface area contributed by atoms with Gasteiger partial charge in [-0.25, -0.2) is 0 Å². The molecule has 0 aromatic heterocycles. The zero-order valence-electron chi connectivity index (χ0n) is 12.0. The number of hydrogen-bond donors (Lipinski definition) is 2. The molecule has 2 rings (SSSR count). The summed E-state index contributed by atoms with van der Waals surface area (Å²) in [4.78, 5) is 0. The van der Waals surface area contributed by atoms with E-state index in [4.69, 9.17) is 10.00 Å². The fourth-order valence-corrected chi connectivity index (χ4v) is 2.85. The summed E-state index contributed by atoms with van der Waals surface area (Å²) in [6.07, 6.45) is 5.65. The first kappa shape index (κ1) is 14.8. The number of methoxy groups -OCH3 is 1. The van der Waals surface area contributed by atoms with Crippen LogP contribution in [0.1, 0.15) is 43.2 Å². The minimum atomic E-state index is -0.139. The van der Waals surface area contributed by atoms with E-state index in [0.717, 1.165) is 18.4 Å². The summed E-state index contributed by atoms with van der Waals surface area (Å²) in [5, 5.41) is 22.1. The second-order valence-corrected chi connectivity index (χ2v) is 5.50. The van der Waals surface area contributed by atoms with Gasteiger partial charge in [0.2, 0.25) is 0 Å². The summed E-state index contributed by atoms with van der Waals surface area (Å²) >= 11 is 0. The SMILES string of the molecule is COc1cc(CNC2(CO)CCCCC2)ccc1C#N. The van der Waals surface area contributed by atoms with Crippen molar-refractivity contribution >= 4 is 0 Å². The van der Waals surface area contributed by atoms with E-state index in [1.165, 1.54) is 19.3 Å². The van der Waals surface area contributed by atoms with Crippen LogP contribution in [0.5, 0.6) is 5.75 Å². The lowest BCUT2D eigenvalue weighted by Gasteiger charge is -2.36. The van der Waals surface area contributed by atoms with Gasteiger partial charge in [0.05, 0.1) is 19.3 Å². The van der Waals surface area contributed by atoms with Crippen LogP contribution in [0.15, 0.2) is 18.2 Å². The predicted octanol–water partition coefficient (Wildman–Crippen LogP) is 2.35. The number of aliphatic hydroxyl groups excluding tert-OH is 1. The lowest BCUT2D eigenvalue weighted by atomic mass is 9.82. The predicted molar refractivity (Wildman–Crippen MR) is 77.5 cm³/mol. The van der Waals surface area contributed by atoms with Gasteiger partial charge in [0.1, 0.15) is 11.8 Å². The Bertz CT molecular complexity index is 488. The maximum absolute atomic E-state index is 9.67. The van der Waals surface area contributed by atoms with Gasteiger partial charge in [-0.15, -0.1) is 0 Å². The Labute approximate surface area is 120 Å². The number of nitrogens with one attached hydrogen (secondary N) is 1. The topological polar surface area (TPSA) is 65.3 Å². The zero-order valence-corrected chi connectivity index (χ0v) is 12.0. The largest absolute Gasteiger partial charge is 0.495 e. The van der Waals surface area contributed by atoms with Gasteiger partial charge < -0.3 is 15.2 Å². The maximum Gasteiger partial charge on any atom is 0.136 e. The summed E-state index contributed by atoms with van der Waals surface area (Å²) in [6, 6.07) is 7.71. The first-order valence-corrected chi connectivity index (χ1v) is 7.16. The van der Waals surface area contributed by atoms with Crippen LogP contribution < -0.4 is 10.1 Å². The number of rotatable bonds is 5. The average molecular weight is 274 g/mol. The number of nitrogens with zero attached hydrogens (tertiary/aromatic N) is 1. The Kier molecular flexibility index (Phi) is 4.99. The van der Waals surface area contributed by atoms with Crippen LogP contribution >= 0.6 is 0 Å². The first-order chi connectivity index (χ1) is 9.73. The van der Waals surface area contributed by atoms with Crippen LogP contribution in [0.2, 0.25) is 0 Å². The molecule has 1 aliphatic rings. The molecule has 2 N–H and O–H groups in total. The summed E-state index contributed by atoms with van der Waals surface area (Å²) < 4.78 is 5.22. The molecule has 108 valence electrons. The van der Waals surface area contributed by atoms with E-state index in [1.807, 2.05) is 12.1 Å². The molecule has 1 aromatic rings. The molecule has 0 atom stereocenters. The summed E-state index contributed by atoms with van der Waals surface area (Å²) in [6.45, 7) is 0.864. The summed E-state index contributed by atoms with van der Waals surface area (Å²) in [5.74, 6) is 0.605. The first-order valence-electron chi connectivity index (χ1n) is 7.16. The van der Waals surface area contributed by atoms with Crippen LogP contribution in [0, 0.1) is 11.3 Å². The minimum Gasteiger partial charge on any atom is -0.495 e. The molecule has 1 saturated carbocycles. The van der Waals surface area contributed by atoms with Crippen molar-refractivity contribution in [3.63, 3.8) is 0 Å². The Balaban J connectivity index is 2.05. The average Bonchev–Trinajstić information content (AvgIpc) is 2.53. The monoisotopic (exact) mass is 274 g/mol. The fourth-order valence-electron chi connectivity index (χ4n) is 2.85. The summed E-state index contributed by atoms with van der Waals surface area (Å²) in [5.41, 5.74) is 1.48. The van der Waals surface area contributed by atoms with Gasteiger partial charge in [0.25, 0.3) is 0 Å². The molecule has 0 unspecified atom stereocenters. The standard InChI is InChI=1S/C16H22N2O2/c1-20-15-9-13(5-6-14(15)10-17)11-18-16(12-19)7-3-2-4-8-16/h5-6,9,18-19H,2-4,7-8,11-12H2,1H3. The highest BCUT2D eigenvalue weighted by Gasteiger charge is 2.30. The Morgan fingerprint density at radius 3 is 2.70 bits per heavy atom. The number of benzene rings is 1. The minimum absolute atomic E-state index is 0.139. The van der Waals surface area contributed by atoms with Crippen LogP contribution in [0.4, 0.5) is 0 Å². The van der Waals surface area contributed by atoms with Gasteiger partial charge >= 0.3 is 0 Å². The van der Waals surface area contributed by atoms with Crippen molar-refractivity contribution in [1.82, 2.24) is 5.32 Å². The van der Waals surface area contributed by atoms with E-state index in [-0.39, 0.29) is 12.1 Å². The molecular formula is C16H22N2O2. The fraction of sp³-hybridized carbons (Fsp3) is 0.562. The van der Waals surface area contributed by atoms with Crippen molar-refractivity contribution in [1.29, 1.82) is 5.26 Å². The molecule has 20 heavy (non-hydrogen) atoms. The quantitative estimate of drug-likeness (QED) is 0.865. The Morgan fingerprint density at radius 1 is 1.35 bits per heavy atom. The van der Waals surface area contributed by atoms with E-state index < -0.39 is 0 Å². The lowest BCUT2D eigenvalue weighted by Crippen LogP contribution is -2.49. The number of ether oxygens (including phenoxy) is 1. The third kappa shape index (κ3) is 3.30. The normalized spacial score (nSPS) is 17.4. The number of hydrogen-bond acceptors (Lipinski definition) is 4. The number of nitriles is 1. The molecule has 4 heteroatoms. The molecule has 0 bridgehead atoms. The molecular weight excluding hydrogens is 252 g/mol. The van der Waals surface area contributed by atoms with Gasteiger partial charge in [-0.1, -0.05) is 25.3 Å². The van der Waals surface area contributed by atoms with E-state index in [2.05, 4.69) is 11.4 Å². The molecule has 0 saturated heterocycles. The van der Waals surface area contributed by atoms with Gasteiger partial charge in [0.15, 0.2) is 0 Å². The highest BCUT2D eigenvalue weighted by Crippen LogP contribution is 2.28. The lowest BCUT2D eigenvalue weighted by molar-refractivity contribution is 0.119. The van der Waals surface area contributed by atoms with Crippen molar-refractivity contribution in [2.45, 2.75) is 44.2 Å². The Morgan fingerprint density at radius 2 is 2.10 bits per heavy atom. The molecule has 0 heterocycles. The van der Waals surface area contributed by atoms with Gasteiger partial charge in [-0.2, -0.15) is 5.26 Å². The second kappa shape index (κ2) is 6.74. The van der Waals surface area contributed by atoms with E-state index in [1.54, 1.807) is 13.2 Å². The maximum atomic E-state index is 9.67. The molecule has 0 aliphatic heterocycles. The molecule has 0 spiro atoms. The molecule has 1 aromatic carbocycles. The van der Waals surface area contributed by atoms with Crippen molar-refractivity contribution < 1.29 is 9.84 Å². The van der Waals surface area contributed by atoms with E-state index >= 15 is 0 Å². The highest BCUT2D eigenvalue weighted by molar-refractivity contribution is 5.45. The second-order valence-electron chi connectivity index (χ2n) is 5.50. The van der Waals surface area contributed by atoms with Crippen LogP contribution in [-0.4, -0.2) is 24.4 Å². The number of aliphatic hydroxyl groups is 1. The molecule has 1 aliphatic carbocycles. The van der Waals surface area contributed by atoms with Gasteiger partial charge in [-0.05, 0) is 30.5 Å². The molecule has 0 amide bonds. The van der Waals surface area contributed by atoms with Crippen LogP contribution in [0.3, 0.4) is 0 Å². The molecule has 1 fully saturated rings. The zero-order chi connectivity index (χ0) is 14.4. The van der Waals surface area contributed by atoms with Crippen LogP contribution in [-0.2, 0) is 6.54 Å². The van der Waals surface area contributed by atoms with E-state index in [0.29, 0.717) is 17.9 Å². The van der Waals surface area contributed by atoms with Crippen molar-refractivity contribution in [3.05, 3.63) is 29.3 Å². The molecule has 4 nitrogen and oxygen atoms in total. The highest BCUT2D eigenvalue weighted by atomic mass is 16.5. The van der Waals surface area contributed by atoms with E-state index in [9.17, 15) is 5.11 Å². The third-order valence-electron chi connectivity index (χ3n) is 4.17. The van der Waals surface area contributed by atoms with Gasteiger partial charge in [0, 0.05) is 12.1 Å². The van der Waals surface area contributed by atoms with Crippen molar-refractivity contribution in [2.75, 3.05) is 13.7 Å². The van der Waals surface area contributed by atoms with Gasteiger partial charge in [-0.3, -0.25) is 0 Å². The van der Waals surface area contributed by atoms with Crippen LogP contribution in [0.25, 0.3) is 0 Å². The third-order valence-corrected chi connectivity index (χ3v) is 4.17. The smallest absolute Gasteiger partial charge is 0.136 e. The Hall–Kier alpha value is -1.57. The van der Waals surface area contributed by atoms with Crippen molar-refractivity contribution in [2.24, 2.45) is 0 Å². The van der Waals surface area contributed by atoms with Crippen molar-refractivity contribution in [3.8, 4) is 11.8 Å². The summed E-state index contributed by atoms with van der Waals surface area (Å²) in [7, 11) is 1.57.